The average Bonchev–Trinajstić information content (AvgIpc) is 3.06. The van der Waals surface area contributed by atoms with Gasteiger partial charge in [-0.25, -0.2) is 4.98 Å². The molecule has 0 fully saturated rings. The molecule has 2 heterocycles. The number of benzene rings is 2. The van der Waals surface area contributed by atoms with Crippen LogP contribution >= 0.6 is 0 Å². The molecule has 0 aliphatic carbocycles. The van der Waals surface area contributed by atoms with E-state index >= 15 is 0 Å². The number of hydrogen-bond donors (Lipinski definition) is 0. The first kappa shape index (κ1) is 13.5. The highest BCUT2D eigenvalue weighted by Gasteiger charge is 2.15. The summed E-state index contributed by atoms with van der Waals surface area (Å²) in [6, 6.07) is 20.2. The maximum Gasteiger partial charge on any atom is 0.225 e. The van der Waals surface area contributed by atoms with E-state index in [0.717, 1.165) is 27.9 Å². The first-order valence-electron chi connectivity index (χ1n) is 7.40. The number of aromatic nitrogens is 3. The number of hydrogen-bond acceptors (Lipinski definition) is 3. The Labute approximate surface area is 134 Å². The lowest BCUT2D eigenvalue weighted by atomic mass is 10.1. The molecule has 0 atom stereocenters. The van der Waals surface area contributed by atoms with Gasteiger partial charge in [-0.3, -0.25) is 0 Å². The van der Waals surface area contributed by atoms with Crippen molar-refractivity contribution in [3.8, 4) is 28.1 Å². The van der Waals surface area contributed by atoms with E-state index in [1.165, 1.54) is 0 Å². The van der Waals surface area contributed by atoms with Crippen LogP contribution in [0.15, 0.2) is 73.1 Å². The maximum absolute atomic E-state index is 5.62. The fourth-order valence-corrected chi connectivity index (χ4v) is 2.74. The molecule has 0 saturated carbocycles. The lowest BCUT2D eigenvalue weighted by Gasteiger charge is -2.10. The summed E-state index contributed by atoms with van der Waals surface area (Å²) < 4.78 is 7.38. The van der Waals surface area contributed by atoms with Crippen LogP contribution in [0.3, 0.4) is 0 Å². The van der Waals surface area contributed by atoms with E-state index in [9.17, 15) is 0 Å². The summed E-state index contributed by atoms with van der Waals surface area (Å²) in [6.45, 7) is 0. The van der Waals surface area contributed by atoms with Gasteiger partial charge in [0.2, 0.25) is 5.88 Å². The smallest absolute Gasteiger partial charge is 0.225 e. The Hall–Kier alpha value is -3.14. The fraction of sp³-hybridized carbons (Fsp3) is 0.0526. The van der Waals surface area contributed by atoms with Crippen molar-refractivity contribution >= 4 is 5.65 Å². The van der Waals surface area contributed by atoms with Gasteiger partial charge in [0.1, 0.15) is 0 Å². The van der Waals surface area contributed by atoms with Crippen molar-refractivity contribution in [2.75, 3.05) is 7.11 Å². The Kier molecular flexibility index (Phi) is 3.27. The SMILES string of the molecule is COc1c(-c2ccccc2)cnc2c(-c3ccccc3)cnn12. The van der Waals surface area contributed by atoms with Crippen molar-refractivity contribution in [1.82, 2.24) is 14.6 Å². The van der Waals surface area contributed by atoms with Gasteiger partial charge in [-0.05, 0) is 11.1 Å². The van der Waals surface area contributed by atoms with Crippen molar-refractivity contribution in [3.63, 3.8) is 0 Å². The molecule has 0 radical (unpaired) electrons. The van der Waals surface area contributed by atoms with Gasteiger partial charge in [0.15, 0.2) is 5.65 Å². The minimum Gasteiger partial charge on any atom is -0.480 e. The predicted octanol–water partition coefficient (Wildman–Crippen LogP) is 4.07. The molecule has 4 nitrogen and oxygen atoms in total. The maximum atomic E-state index is 5.62. The van der Waals surface area contributed by atoms with Gasteiger partial charge in [0.05, 0.1) is 18.9 Å². The largest absolute Gasteiger partial charge is 0.480 e. The number of fused-ring (bicyclic) bond motifs is 1. The summed E-state index contributed by atoms with van der Waals surface area (Å²) in [5.74, 6) is 0.684. The average molecular weight is 301 g/mol. The molecular weight excluding hydrogens is 286 g/mol. The lowest BCUT2D eigenvalue weighted by molar-refractivity contribution is 0.386. The number of methoxy groups -OCH3 is 1. The minimum atomic E-state index is 0.684. The van der Waals surface area contributed by atoms with Crippen LogP contribution in [0.1, 0.15) is 0 Å². The Morgan fingerprint density at radius 1 is 0.783 bits per heavy atom. The molecule has 112 valence electrons. The fourth-order valence-electron chi connectivity index (χ4n) is 2.74. The summed E-state index contributed by atoms with van der Waals surface area (Å²) in [4.78, 5) is 4.62. The minimum absolute atomic E-state index is 0.684. The van der Waals surface area contributed by atoms with Gasteiger partial charge in [0, 0.05) is 11.8 Å². The predicted molar refractivity (Wildman–Crippen MR) is 90.4 cm³/mol. The molecule has 4 rings (SSSR count). The standard InChI is InChI=1S/C19H15N3O/c1-23-19-17(15-10-6-3-7-11-15)12-20-18-16(13-21-22(18)19)14-8-4-2-5-9-14/h2-13H,1H3. The monoisotopic (exact) mass is 301 g/mol. The molecule has 2 aromatic carbocycles. The molecule has 0 N–H and O–H groups in total. The van der Waals surface area contributed by atoms with E-state index in [2.05, 4.69) is 22.2 Å². The van der Waals surface area contributed by atoms with Crippen LogP contribution < -0.4 is 4.74 Å². The molecule has 0 bridgehead atoms. The molecule has 0 aliphatic rings. The van der Waals surface area contributed by atoms with Crippen molar-refractivity contribution in [1.29, 1.82) is 0 Å². The number of nitrogens with zero attached hydrogens (tertiary/aromatic N) is 3. The zero-order valence-electron chi connectivity index (χ0n) is 12.7. The van der Waals surface area contributed by atoms with E-state index in [1.54, 1.807) is 11.6 Å². The Morgan fingerprint density at radius 2 is 1.39 bits per heavy atom. The third-order valence-corrected chi connectivity index (χ3v) is 3.85. The van der Waals surface area contributed by atoms with Crippen LogP contribution in [0.4, 0.5) is 0 Å². The summed E-state index contributed by atoms with van der Waals surface area (Å²) in [7, 11) is 1.66. The Bertz CT molecular complexity index is 946. The molecule has 4 aromatic rings. The molecule has 0 aliphatic heterocycles. The third-order valence-electron chi connectivity index (χ3n) is 3.85. The topological polar surface area (TPSA) is 39.4 Å². The molecule has 0 spiro atoms. The second-order valence-corrected chi connectivity index (χ2v) is 5.21. The summed E-state index contributed by atoms with van der Waals surface area (Å²) in [5.41, 5.74) is 4.83. The van der Waals surface area contributed by atoms with Gasteiger partial charge < -0.3 is 4.74 Å². The van der Waals surface area contributed by atoms with E-state index in [0.29, 0.717) is 5.88 Å². The summed E-state index contributed by atoms with van der Waals surface area (Å²) in [5, 5.41) is 4.48. The number of rotatable bonds is 3. The molecule has 0 saturated heterocycles. The van der Waals surface area contributed by atoms with E-state index < -0.39 is 0 Å². The highest BCUT2D eigenvalue weighted by atomic mass is 16.5. The second-order valence-electron chi connectivity index (χ2n) is 5.21. The molecular formula is C19H15N3O. The van der Waals surface area contributed by atoms with E-state index in [1.807, 2.05) is 60.9 Å². The first-order valence-corrected chi connectivity index (χ1v) is 7.40. The molecule has 0 unspecified atom stereocenters. The normalized spacial score (nSPS) is 10.8. The van der Waals surface area contributed by atoms with Crippen LogP contribution in [0, 0.1) is 0 Å². The van der Waals surface area contributed by atoms with Gasteiger partial charge in [-0.15, -0.1) is 0 Å². The zero-order valence-corrected chi connectivity index (χ0v) is 12.7. The van der Waals surface area contributed by atoms with Crippen molar-refractivity contribution < 1.29 is 4.74 Å². The van der Waals surface area contributed by atoms with Crippen LogP contribution in [0.25, 0.3) is 27.9 Å². The molecule has 2 aromatic heterocycles. The van der Waals surface area contributed by atoms with Crippen molar-refractivity contribution in [3.05, 3.63) is 73.1 Å². The van der Waals surface area contributed by atoms with Gasteiger partial charge in [-0.2, -0.15) is 9.61 Å². The van der Waals surface area contributed by atoms with Crippen molar-refractivity contribution in [2.45, 2.75) is 0 Å². The van der Waals surface area contributed by atoms with E-state index in [-0.39, 0.29) is 0 Å². The van der Waals surface area contributed by atoms with Crippen LogP contribution in [0.5, 0.6) is 5.88 Å². The molecule has 0 amide bonds. The molecule has 23 heavy (non-hydrogen) atoms. The Balaban J connectivity index is 1.94. The quantitative estimate of drug-likeness (QED) is 0.572. The van der Waals surface area contributed by atoms with Gasteiger partial charge in [0.25, 0.3) is 0 Å². The van der Waals surface area contributed by atoms with Gasteiger partial charge in [-0.1, -0.05) is 60.7 Å². The summed E-state index contributed by atoms with van der Waals surface area (Å²) >= 11 is 0. The van der Waals surface area contributed by atoms with Crippen LogP contribution in [0.2, 0.25) is 0 Å². The first-order chi connectivity index (χ1) is 11.4. The lowest BCUT2D eigenvalue weighted by Crippen LogP contribution is -2.00. The van der Waals surface area contributed by atoms with Gasteiger partial charge >= 0.3 is 0 Å². The Morgan fingerprint density at radius 3 is 2.00 bits per heavy atom. The third kappa shape index (κ3) is 2.25. The van der Waals surface area contributed by atoms with Crippen LogP contribution in [-0.4, -0.2) is 21.7 Å². The zero-order chi connectivity index (χ0) is 15.6. The number of ether oxygens (including phenoxy) is 1. The second kappa shape index (κ2) is 5.57. The highest BCUT2D eigenvalue weighted by molar-refractivity contribution is 5.79. The van der Waals surface area contributed by atoms with Crippen molar-refractivity contribution in [2.24, 2.45) is 0 Å². The van der Waals surface area contributed by atoms with E-state index in [4.69, 9.17) is 4.74 Å². The van der Waals surface area contributed by atoms with Crippen LogP contribution in [-0.2, 0) is 0 Å². The summed E-state index contributed by atoms with van der Waals surface area (Å²) in [6.07, 6.45) is 3.67. The molecule has 4 heteroatoms. The highest BCUT2D eigenvalue weighted by Crippen LogP contribution is 2.32.